The van der Waals surface area contributed by atoms with Crippen LogP contribution in [-0.4, -0.2) is 35.4 Å². The van der Waals surface area contributed by atoms with Crippen molar-refractivity contribution in [3.63, 3.8) is 0 Å². The molecule has 0 saturated carbocycles. The molecule has 0 aliphatic heterocycles. The summed E-state index contributed by atoms with van der Waals surface area (Å²) in [5, 5.41) is 19.1. The molecule has 0 radical (unpaired) electrons. The van der Waals surface area contributed by atoms with Crippen molar-refractivity contribution >= 4 is 0 Å². The summed E-state index contributed by atoms with van der Waals surface area (Å²) < 4.78 is 2.08. The molecule has 0 aliphatic rings. The lowest BCUT2D eigenvalue weighted by Crippen LogP contribution is -2.07. The van der Waals surface area contributed by atoms with Crippen LogP contribution < -0.4 is 0 Å². The second-order valence-corrected chi connectivity index (χ2v) is 8.30. The van der Waals surface area contributed by atoms with Gasteiger partial charge in [-0.05, 0) is 39.5 Å². The maximum Gasteiger partial charge on any atom is 0.180 e. The summed E-state index contributed by atoms with van der Waals surface area (Å²) in [7, 11) is 0. The quantitative estimate of drug-likeness (QED) is 0.428. The predicted octanol–water partition coefficient (Wildman–Crippen LogP) is 4.71. The molecule has 0 fully saturated rings. The van der Waals surface area contributed by atoms with Gasteiger partial charge in [-0.25, -0.2) is 14.8 Å². The highest BCUT2D eigenvalue weighted by Gasteiger charge is 2.13. The van der Waals surface area contributed by atoms with E-state index in [2.05, 4.69) is 76.4 Å². The molecule has 0 atom stereocenters. The molecule has 4 rings (SSSR count). The summed E-state index contributed by atoms with van der Waals surface area (Å²) in [5.41, 5.74) is 4.41. The van der Waals surface area contributed by atoms with E-state index < -0.39 is 0 Å². The number of benzene rings is 2. The van der Waals surface area contributed by atoms with Crippen LogP contribution >= 0.6 is 0 Å². The van der Waals surface area contributed by atoms with Crippen LogP contribution in [0.3, 0.4) is 0 Å². The monoisotopic (exact) mass is 415 g/mol. The molecule has 0 aliphatic carbocycles. The molecule has 0 amide bonds. The molecule has 160 valence electrons. The van der Waals surface area contributed by atoms with E-state index in [0.717, 1.165) is 60.6 Å². The molecule has 0 saturated heterocycles. The van der Waals surface area contributed by atoms with Crippen molar-refractivity contribution in [1.82, 2.24) is 35.4 Å². The Morgan fingerprint density at radius 2 is 1.77 bits per heavy atom. The smallest absolute Gasteiger partial charge is 0.180 e. The Labute approximate surface area is 182 Å². The molecule has 4 aromatic rings. The Kier molecular flexibility index (Phi) is 6.50. The van der Waals surface area contributed by atoms with Gasteiger partial charge in [0, 0.05) is 18.4 Å². The highest BCUT2D eigenvalue weighted by molar-refractivity contribution is 5.80. The maximum absolute atomic E-state index is 4.82. The summed E-state index contributed by atoms with van der Waals surface area (Å²) in [5.74, 6) is 3.26. The van der Waals surface area contributed by atoms with Crippen LogP contribution in [0.2, 0.25) is 0 Å². The molecule has 2 heterocycles. The highest BCUT2D eigenvalue weighted by Crippen LogP contribution is 2.29. The minimum atomic E-state index is 0.550. The van der Waals surface area contributed by atoms with Crippen LogP contribution in [0.25, 0.3) is 22.5 Å². The van der Waals surface area contributed by atoms with Crippen LogP contribution in [0.5, 0.6) is 0 Å². The number of H-pyrrole nitrogens is 1. The number of hydrogen-bond donors (Lipinski definition) is 1. The van der Waals surface area contributed by atoms with E-state index >= 15 is 0 Å². The Balaban J connectivity index is 1.57. The van der Waals surface area contributed by atoms with Gasteiger partial charge < -0.3 is 0 Å². The van der Waals surface area contributed by atoms with Crippen molar-refractivity contribution in [1.29, 1.82) is 0 Å². The fraction of sp³-hybridized carbons (Fsp3) is 0.375. The molecule has 2 aromatic heterocycles. The molecule has 7 heteroatoms. The van der Waals surface area contributed by atoms with Gasteiger partial charge in [-0.3, -0.25) is 0 Å². The van der Waals surface area contributed by atoms with Crippen molar-refractivity contribution in [3.05, 3.63) is 65.7 Å². The van der Waals surface area contributed by atoms with Gasteiger partial charge >= 0.3 is 0 Å². The second-order valence-electron chi connectivity index (χ2n) is 8.30. The second kappa shape index (κ2) is 9.64. The summed E-state index contributed by atoms with van der Waals surface area (Å²) in [6, 6.07) is 16.8. The molecule has 0 unspecified atom stereocenters. The van der Waals surface area contributed by atoms with Crippen molar-refractivity contribution in [2.45, 2.75) is 53.0 Å². The first-order chi connectivity index (χ1) is 15.1. The average molecular weight is 416 g/mol. The fourth-order valence-corrected chi connectivity index (χ4v) is 3.70. The first-order valence-electron chi connectivity index (χ1n) is 11.0. The van der Waals surface area contributed by atoms with Gasteiger partial charge in [0.1, 0.15) is 5.82 Å². The number of tetrazole rings is 1. The zero-order valence-electron chi connectivity index (χ0n) is 18.4. The summed E-state index contributed by atoms with van der Waals surface area (Å²) >= 11 is 0. The Bertz CT molecular complexity index is 1100. The third-order valence-electron chi connectivity index (χ3n) is 5.26. The highest BCUT2D eigenvalue weighted by atomic mass is 15.5. The van der Waals surface area contributed by atoms with Gasteiger partial charge in [0.25, 0.3) is 0 Å². The van der Waals surface area contributed by atoms with Crippen LogP contribution in [0.4, 0.5) is 0 Å². The van der Waals surface area contributed by atoms with Crippen LogP contribution in [0.1, 0.15) is 50.8 Å². The third-order valence-corrected chi connectivity index (χ3v) is 5.26. The lowest BCUT2D eigenvalue weighted by Gasteiger charge is -2.09. The van der Waals surface area contributed by atoms with Crippen LogP contribution in [0, 0.1) is 5.92 Å². The topological polar surface area (TPSA) is 85.2 Å². The van der Waals surface area contributed by atoms with E-state index in [9.17, 15) is 0 Å². The minimum Gasteiger partial charge on any atom is -0.245 e. The van der Waals surface area contributed by atoms with Crippen molar-refractivity contribution in [2.75, 3.05) is 0 Å². The van der Waals surface area contributed by atoms with Gasteiger partial charge in [-0.1, -0.05) is 75.7 Å². The molecule has 0 bridgehead atoms. The SMILES string of the molecule is CCCCc1nc(CC(C)C)nn1Cc1ccc(-c2ccccc2-c2nnn[nH]2)cc1. The van der Waals surface area contributed by atoms with Gasteiger partial charge in [0.15, 0.2) is 11.6 Å². The zero-order valence-corrected chi connectivity index (χ0v) is 18.4. The van der Waals surface area contributed by atoms with E-state index in [1.165, 1.54) is 5.56 Å². The normalized spacial score (nSPS) is 11.4. The zero-order chi connectivity index (χ0) is 21.6. The summed E-state index contributed by atoms with van der Waals surface area (Å²) in [6.45, 7) is 7.36. The van der Waals surface area contributed by atoms with E-state index in [4.69, 9.17) is 10.1 Å². The summed E-state index contributed by atoms with van der Waals surface area (Å²) in [4.78, 5) is 4.82. The Hall–Kier alpha value is -3.35. The molecular formula is C24H29N7. The van der Waals surface area contributed by atoms with E-state index in [-0.39, 0.29) is 0 Å². The van der Waals surface area contributed by atoms with E-state index in [0.29, 0.717) is 11.7 Å². The largest absolute Gasteiger partial charge is 0.245 e. The lowest BCUT2D eigenvalue weighted by molar-refractivity contribution is 0.592. The van der Waals surface area contributed by atoms with Crippen molar-refractivity contribution < 1.29 is 0 Å². The molecule has 31 heavy (non-hydrogen) atoms. The lowest BCUT2D eigenvalue weighted by atomic mass is 9.98. The van der Waals surface area contributed by atoms with Gasteiger partial charge in [-0.15, -0.1) is 5.10 Å². The molecule has 2 aromatic carbocycles. The van der Waals surface area contributed by atoms with Crippen LogP contribution in [0.15, 0.2) is 48.5 Å². The van der Waals surface area contributed by atoms with Gasteiger partial charge in [0.05, 0.1) is 6.54 Å². The number of nitrogens with one attached hydrogen (secondary N) is 1. The summed E-state index contributed by atoms with van der Waals surface area (Å²) in [6.07, 6.45) is 4.17. The number of aryl methyl sites for hydroxylation is 1. The van der Waals surface area contributed by atoms with E-state index in [1.807, 2.05) is 18.2 Å². The van der Waals surface area contributed by atoms with Crippen molar-refractivity contribution in [2.24, 2.45) is 5.92 Å². The first-order valence-corrected chi connectivity index (χ1v) is 11.0. The van der Waals surface area contributed by atoms with Crippen molar-refractivity contribution in [3.8, 4) is 22.5 Å². The first kappa shape index (κ1) is 20.9. The van der Waals surface area contributed by atoms with Gasteiger partial charge in [0.2, 0.25) is 0 Å². The number of aromatic nitrogens is 7. The van der Waals surface area contributed by atoms with Gasteiger partial charge in [-0.2, -0.15) is 5.10 Å². The number of nitrogens with zero attached hydrogens (tertiary/aromatic N) is 6. The Morgan fingerprint density at radius 3 is 2.45 bits per heavy atom. The maximum atomic E-state index is 4.82. The average Bonchev–Trinajstić information content (AvgIpc) is 3.43. The third kappa shape index (κ3) is 5.05. The number of unbranched alkanes of at least 4 members (excludes halogenated alkanes) is 1. The van der Waals surface area contributed by atoms with Crippen LogP contribution in [-0.2, 0) is 19.4 Å². The predicted molar refractivity (Wildman–Crippen MR) is 121 cm³/mol. The molecule has 7 nitrogen and oxygen atoms in total. The standard InChI is InChI=1S/C24H29N7/c1-4-5-10-23-25-22(15-17(2)3)28-31(23)16-18-11-13-19(14-12-18)20-8-6-7-9-21(20)24-26-29-30-27-24/h6-9,11-14,17H,4-5,10,15-16H2,1-3H3,(H,26,27,29,30). The number of hydrogen-bond acceptors (Lipinski definition) is 5. The van der Waals surface area contributed by atoms with E-state index in [1.54, 1.807) is 0 Å². The number of aromatic amines is 1. The number of rotatable bonds is 9. The molecular weight excluding hydrogens is 386 g/mol. The molecule has 0 spiro atoms. The minimum absolute atomic E-state index is 0.550. The molecule has 1 N–H and O–H groups in total. The fourth-order valence-electron chi connectivity index (χ4n) is 3.70. The Morgan fingerprint density at radius 1 is 1.00 bits per heavy atom.